The third-order valence-corrected chi connectivity index (χ3v) is 7.69. The lowest BCUT2D eigenvalue weighted by molar-refractivity contribution is -0.239. The predicted molar refractivity (Wildman–Crippen MR) is 139 cm³/mol. The van der Waals surface area contributed by atoms with Gasteiger partial charge in [-0.2, -0.15) is 0 Å². The van der Waals surface area contributed by atoms with E-state index in [0.29, 0.717) is 34.7 Å². The third kappa shape index (κ3) is 4.66. The van der Waals surface area contributed by atoms with E-state index in [4.69, 9.17) is 18.6 Å². The standard InChI is InChI=1S/C26H27N3O8S/c1-14(25(31)32)12-28-23(30)21-20(22-27-9-11-36-22)15(2)38-24(21)29(26(28)33)13-18(37-19-8-10-35-19)16-6-4-5-7-17(16)34-3/h4-7,9,11,14,18-19H,8,10,12-13H2,1-3H3,(H,31,32)/t14-,18?,19?/m0/s1. The molecule has 1 aliphatic heterocycles. The molecule has 2 unspecified atom stereocenters. The molecular weight excluding hydrogens is 514 g/mol. The zero-order valence-corrected chi connectivity index (χ0v) is 21.9. The maximum absolute atomic E-state index is 13.8. The first-order valence-electron chi connectivity index (χ1n) is 12.1. The highest BCUT2D eigenvalue weighted by Crippen LogP contribution is 2.37. The summed E-state index contributed by atoms with van der Waals surface area (Å²) in [6, 6.07) is 7.34. The van der Waals surface area contributed by atoms with E-state index < -0.39 is 35.5 Å². The van der Waals surface area contributed by atoms with Crippen molar-refractivity contribution in [1.82, 2.24) is 14.1 Å². The average Bonchev–Trinajstić information content (AvgIpc) is 3.52. The Kier molecular flexibility index (Phi) is 7.19. The number of benzene rings is 1. The fraction of sp³-hybridized carbons (Fsp3) is 0.385. The zero-order valence-electron chi connectivity index (χ0n) is 21.1. The Bertz CT molecular complexity index is 1580. The quantitative estimate of drug-likeness (QED) is 0.320. The average molecular weight is 542 g/mol. The number of nitrogens with zero attached hydrogens (tertiary/aromatic N) is 3. The lowest BCUT2D eigenvalue weighted by Gasteiger charge is -2.32. The van der Waals surface area contributed by atoms with Crippen LogP contribution in [0.25, 0.3) is 21.7 Å². The molecule has 3 aromatic heterocycles. The van der Waals surface area contributed by atoms with Crippen molar-refractivity contribution in [2.75, 3.05) is 13.7 Å². The number of para-hydroxylation sites is 1. The molecule has 1 saturated heterocycles. The van der Waals surface area contributed by atoms with Crippen molar-refractivity contribution >= 4 is 27.5 Å². The van der Waals surface area contributed by atoms with Gasteiger partial charge in [0.2, 0.25) is 5.89 Å². The number of aliphatic carboxylic acids is 1. The number of carboxylic acid groups (broad SMARTS) is 1. The fourth-order valence-electron chi connectivity index (χ4n) is 4.47. The molecule has 12 heteroatoms. The lowest BCUT2D eigenvalue weighted by Crippen LogP contribution is -2.43. The van der Waals surface area contributed by atoms with Crippen molar-refractivity contribution in [2.24, 2.45) is 5.92 Å². The number of thiophene rings is 1. The number of aryl methyl sites for hydroxylation is 1. The van der Waals surface area contributed by atoms with Crippen molar-refractivity contribution in [2.45, 2.75) is 45.8 Å². The number of carboxylic acids is 1. The molecule has 4 heterocycles. The molecule has 0 aliphatic carbocycles. The van der Waals surface area contributed by atoms with Gasteiger partial charge < -0.3 is 23.7 Å². The highest BCUT2D eigenvalue weighted by molar-refractivity contribution is 7.19. The lowest BCUT2D eigenvalue weighted by atomic mass is 10.1. The topological polar surface area (TPSA) is 135 Å². The molecule has 1 aromatic carbocycles. The first-order chi connectivity index (χ1) is 18.3. The molecule has 200 valence electrons. The number of fused-ring (bicyclic) bond motifs is 1. The first-order valence-corrected chi connectivity index (χ1v) is 12.9. The van der Waals surface area contributed by atoms with Gasteiger partial charge in [-0.25, -0.2) is 9.78 Å². The summed E-state index contributed by atoms with van der Waals surface area (Å²) in [5.74, 6) is -1.26. The summed E-state index contributed by atoms with van der Waals surface area (Å²) in [5, 5.41) is 9.75. The second-order valence-electron chi connectivity index (χ2n) is 9.05. The van der Waals surface area contributed by atoms with Crippen molar-refractivity contribution < 1.29 is 28.5 Å². The molecule has 0 spiro atoms. The molecule has 1 N–H and O–H groups in total. The van der Waals surface area contributed by atoms with Gasteiger partial charge in [-0.05, 0) is 13.0 Å². The third-order valence-electron chi connectivity index (χ3n) is 6.56. The molecule has 1 aliphatic rings. The van der Waals surface area contributed by atoms with Crippen molar-refractivity contribution in [3.05, 3.63) is 68.0 Å². The van der Waals surface area contributed by atoms with E-state index in [1.807, 2.05) is 25.1 Å². The summed E-state index contributed by atoms with van der Waals surface area (Å²) in [6.45, 7) is 3.58. The minimum atomic E-state index is -1.12. The van der Waals surface area contributed by atoms with E-state index in [2.05, 4.69) is 4.98 Å². The minimum absolute atomic E-state index is 0.0300. The maximum Gasteiger partial charge on any atom is 0.332 e. The monoisotopic (exact) mass is 541 g/mol. The number of oxazole rings is 1. The summed E-state index contributed by atoms with van der Waals surface area (Å²) in [4.78, 5) is 44.5. The summed E-state index contributed by atoms with van der Waals surface area (Å²) in [6.07, 6.45) is 2.49. The van der Waals surface area contributed by atoms with Crippen molar-refractivity contribution in [3.8, 4) is 17.2 Å². The van der Waals surface area contributed by atoms with Gasteiger partial charge in [0.1, 0.15) is 22.9 Å². The molecule has 0 radical (unpaired) electrons. The van der Waals surface area contributed by atoms with Crippen LogP contribution in [0, 0.1) is 12.8 Å². The molecule has 0 bridgehead atoms. The van der Waals surface area contributed by atoms with E-state index in [1.54, 1.807) is 13.2 Å². The van der Waals surface area contributed by atoms with Gasteiger partial charge in [-0.1, -0.05) is 25.1 Å². The van der Waals surface area contributed by atoms with Crippen LogP contribution in [-0.4, -0.2) is 45.2 Å². The molecule has 1 fully saturated rings. The van der Waals surface area contributed by atoms with Gasteiger partial charge in [0.15, 0.2) is 6.29 Å². The summed E-state index contributed by atoms with van der Waals surface area (Å²) < 4.78 is 25.3. The van der Waals surface area contributed by atoms with Gasteiger partial charge in [-0.3, -0.25) is 18.7 Å². The molecule has 3 atom stereocenters. The Hall–Kier alpha value is -3.74. The van der Waals surface area contributed by atoms with Crippen LogP contribution in [0.4, 0.5) is 0 Å². The van der Waals surface area contributed by atoms with Crippen LogP contribution in [0.3, 0.4) is 0 Å². The van der Waals surface area contributed by atoms with E-state index in [1.165, 1.54) is 35.3 Å². The smallest absolute Gasteiger partial charge is 0.332 e. The summed E-state index contributed by atoms with van der Waals surface area (Å²) in [5.41, 5.74) is -0.0382. The number of hydrogen-bond donors (Lipinski definition) is 1. The molecule has 5 rings (SSSR count). The summed E-state index contributed by atoms with van der Waals surface area (Å²) >= 11 is 1.27. The van der Waals surface area contributed by atoms with Crippen LogP contribution in [0.2, 0.25) is 0 Å². The van der Waals surface area contributed by atoms with E-state index in [0.717, 1.165) is 9.44 Å². The number of methoxy groups -OCH3 is 1. The predicted octanol–water partition coefficient (Wildman–Crippen LogP) is 3.42. The molecule has 4 aromatic rings. The minimum Gasteiger partial charge on any atom is -0.496 e. The number of carbonyl (C=O) groups is 1. The first kappa shape index (κ1) is 25.9. The second kappa shape index (κ2) is 10.6. The molecule has 0 saturated carbocycles. The normalized spacial score (nSPS) is 16.8. The maximum atomic E-state index is 13.8. The van der Waals surface area contributed by atoms with Crippen LogP contribution < -0.4 is 16.0 Å². The van der Waals surface area contributed by atoms with Crippen LogP contribution in [0.1, 0.15) is 29.9 Å². The number of hydrogen-bond acceptors (Lipinski definition) is 9. The Balaban J connectivity index is 1.73. The second-order valence-corrected chi connectivity index (χ2v) is 10.3. The Morgan fingerprint density at radius 3 is 2.66 bits per heavy atom. The van der Waals surface area contributed by atoms with Crippen LogP contribution >= 0.6 is 11.3 Å². The van der Waals surface area contributed by atoms with Gasteiger partial charge in [0, 0.05) is 23.4 Å². The highest BCUT2D eigenvalue weighted by Gasteiger charge is 2.30. The van der Waals surface area contributed by atoms with Crippen molar-refractivity contribution in [3.63, 3.8) is 0 Å². The SMILES string of the molecule is COc1ccccc1C(Cn1c(=O)n(C[C@H](C)C(=O)O)c(=O)c2c(-c3ncco3)c(C)sc21)OC1CCO1. The molecule has 0 amide bonds. The molecule has 11 nitrogen and oxygen atoms in total. The highest BCUT2D eigenvalue weighted by atomic mass is 32.1. The Morgan fingerprint density at radius 1 is 1.26 bits per heavy atom. The number of ether oxygens (including phenoxy) is 3. The Morgan fingerprint density at radius 2 is 2.03 bits per heavy atom. The summed E-state index contributed by atoms with van der Waals surface area (Å²) in [7, 11) is 1.55. The van der Waals surface area contributed by atoms with Crippen molar-refractivity contribution in [1.29, 1.82) is 0 Å². The van der Waals surface area contributed by atoms with Gasteiger partial charge in [0.25, 0.3) is 5.56 Å². The molecule has 38 heavy (non-hydrogen) atoms. The van der Waals surface area contributed by atoms with Gasteiger partial charge in [0.05, 0.1) is 43.3 Å². The van der Waals surface area contributed by atoms with E-state index >= 15 is 0 Å². The van der Waals surface area contributed by atoms with E-state index in [-0.39, 0.29) is 24.4 Å². The largest absolute Gasteiger partial charge is 0.496 e. The molecular formula is C26H27N3O8S. The van der Waals surface area contributed by atoms with E-state index in [9.17, 15) is 19.5 Å². The van der Waals surface area contributed by atoms with Gasteiger partial charge in [-0.15, -0.1) is 11.3 Å². The van der Waals surface area contributed by atoms with Crippen LogP contribution in [0.5, 0.6) is 5.75 Å². The number of aromatic nitrogens is 3. The zero-order chi connectivity index (χ0) is 27.0. The fourth-order valence-corrected chi connectivity index (χ4v) is 5.60. The van der Waals surface area contributed by atoms with Crippen LogP contribution in [-0.2, 0) is 27.4 Å². The van der Waals surface area contributed by atoms with Gasteiger partial charge >= 0.3 is 11.7 Å². The Labute approximate surface area is 220 Å². The van der Waals surface area contributed by atoms with Crippen LogP contribution in [0.15, 0.2) is 50.7 Å². The number of rotatable bonds is 10.